The van der Waals surface area contributed by atoms with E-state index in [1.54, 1.807) is 6.92 Å². The number of rotatable bonds is 7. The summed E-state index contributed by atoms with van der Waals surface area (Å²) in [6.07, 6.45) is 0. The summed E-state index contributed by atoms with van der Waals surface area (Å²) in [6, 6.07) is 2.39. The van der Waals surface area contributed by atoms with Crippen LogP contribution in [0.5, 0.6) is 11.5 Å². The van der Waals surface area contributed by atoms with Crippen LogP contribution in [0, 0.1) is 10.1 Å². The summed E-state index contributed by atoms with van der Waals surface area (Å²) >= 11 is 0. The molecule has 0 atom stereocenters. The number of benzene rings is 1. The summed E-state index contributed by atoms with van der Waals surface area (Å²) < 4.78 is 14.8. The molecule has 0 unspecified atom stereocenters. The van der Waals surface area contributed by atoms with Gasteiger partial charge in [0, 0.05) is 0 Å². The van der Waals surface area contributed by atoms with Gasteiger partial charge in [0.25, 0.3) is 5.69 Å². The first-order valence-corrected chi connectivity index (χ1v) is 5.78. The van der Waals surface area contributed by atoms with Crippen molar-refractivity contribution in [2.75, 3.05) is 20.3 Å². The lowest BCUT2D eigenvalue weighted by molar-refractivity contribution is -0.385. The molecule has 0 aliphatic heterocycles. The van der Waals surface area contributed by atoms with Gasteiger partial charge in [-0.05, 0) is 13.0 Å². The van der Waals surface area contributed by atoms with E-state index in [1.165, 1.54) is 13.2 Å². The molecule has 0 aliphatic rings. The number of carbonyl (C=O) groups is 1. The molecule has 0 spiro atoms. The topological polar surface area (TPSA) is 108 Å². The second kappa shape index (κ2) is 7.29. The molecule has 0 radical (unpaired) electrons. The van der Waals surface area contributed by atoms with Crippen LogP contribution in [0.15, 0.2) is 12.1 Å². The molecule has 20 heavy (non-hydrogen) atoms. The van der Waals surface area contributed by atoms with Crippen molar-refractivity contribution in [1.29, 1.82) is 0 Å². The number of nitrogens with zero attached hydrogens (tertiary/aromatic N) is 1. The molecule has 1 aromatic rings. The van der Waals surface area contributed by atoms with Crippen LogP contribution in [0.4, 0.5) is 5.69 Å². The summed E-state index contributed by atoms with van der Waals surface area (Å²) in [5.74, 6) is -0.378. The molecule has 1 N–H and O–H groups in total. The van der Waals surface area contributed by atoms with E-state index >= 15 is 0 Å². The molecular formula is C12H15NO7. The molecule has 0 amide bonds. The molecule has 0 aromatic heterocycles. The molecule has 0 heterocycles. The van der Waals surface area contributed by atoms with Crippen LogP contribution in [-0.2, 0) is 16.1 Å². The standard InChI is InChI=1S/C12H15NO7/c1-3-19-12(15)7-20-11-5-9(13(16)17)8(6-14)4-10(11)18-2/h4-5,14H,3,6-7H2,1-2H3. The van der Waals surface area contributed by atoms with Crippen LogP contribution < -0.4 is 9.47 Å². The van der Waals surface area contributed by atoms with Crippen molar-refractivity contribution in [3.63, 3.8) is 0 Å². The van der Waals surface area contributed by atoms with Gasteiger partial charge < -0.3 is 19.3 Å². The van der Waals surface area contributed by atoms with Crippen LogP contribution in [-0.4, -0.2) is 36.3 Å². The van der Waals surface area contributed by atoms with Crippen LogP contribution in [0.2, 0.25) is 0 Å². The zero-order valence-corrected chi connectivity index (χ0v) is 11.1. The number of ether oxygens (including phenoxy) is 3. The van der Waals surface area contributed by atoms with Gasteiger partial charge in [0.1, 0.15) is 0 Å². The lowest BCUT2D eigenvalue weighted by Crippen LogP contribution is -2.15. The molecule has 8 heteroatoms. The zero-order valence-electron chi connectivity index (χ0n) is 11.1. The summed E-state index contributed by atoms with van der Waals surface area (Å²) in [6.45, 7) is 0.965. The molecule has 0 fully saturated rings. The van der Waals surface area contributed by atoms with Crippen LogP contribution in [0.3, 0.4) is 0 Å². The van der Waals surface area contributed by atoms with Gasteiger partial charge in [0.15, 0.2) is 18.1 Å². The van der Waals surface area contributed by atoms with Gasteiger partial charge in [0.05, 0.1) is 36.9 Å². The third kappa shape index (κ3) is 3.82. The number of aliphatic hydroxyl groups is 1. The van der Waals surface area contributed by atoms with E-state index in [9.17, 15) is 14.9 Å². The average molecular weight is 285 g/mol. The molecule has 0 aliphatic carbocycles. The number of esters is 1. The minimum atomic E-state index is -0.651. The Morgan fingerprint density at radius 1 is 1.40 bits per heavy atom. The number of methoxy groups -OCH3 is 1. The number of carbonyl (C=O) groups excluding carboxylic acids is 1. The van der Waals surface area contributed by atoms with E-state index in [0.717, 1.165) is 6.07 Å². The highest BCUT2D eigenvalue weighted by atomic mass is 16.6. The zero-order chi connectivity index (χ0) is 15.1. The summed E-state index contributed by atoms with van der Waals surface area (Å²) in [7, 11) is 1.35. The lowest BCUT2D eigenvalue weighted by Gasteiger charge is -2.11. The van der Waals surface area contributed by atoms with Crippen molar-refractivity contribution >= 4 is 11.7 Å². The Morgan fingerprint density at radius 3 is 2.60 bits per heavy atom. The highest BCUT2D eigenvalue weighted by molar-refractivity contribution is 5.71. The second-order valence-corrected chi connectivity index (χ2v) is 3.64. The maximum Gasteiger partial charge on any atom is 0.344 e. The van der Waals surface area contributed by atoms with Gasteiger partial charge in [0.2, 0.25) is 0 Å². The van der Waals surface area contributed by atoms with Crippen LogP contribution >= 0.6 is 0 Å². The van der Waals surface area contributed by atoms with Gasteiger partial charge >= 0.3 is 5.97 Å². The fourth-order valence-electron chi connectivity index (χ4n) is 1.50. The number of hydrogen-bond acceptors (Lipinski definition) is 7. The normalized spacial score (nSPS) is 9.95. The molecule has 1 aromatic carbocycles. The van der Waals surface area contributed by atoms with Gasteiger partial charge in [-0.1, -0.05) is 0 Å². The summed E-state index contributed by atoms with van der Waals surface area (Å²) in [5.41, 5.74) is -0.220. The first-order valence-electron chi connectivity index (χ1n) is 5.78. The second-order valence-electron chi connectivity index (χ2n) is 3.64. The Kier molecular flexibility index (Phi) is 5.73. The van der Waals surface area contributed by atoms with E-state index in [4.69, 9.17) is 14.6 Å². The van der Waals surface area contributed by atoms with Crippen molar-refractivity contribution < 1.29 is 29.0 Å². The third-order valence-corrected chi connectivity index (χ3v) is 2.38. The minimum absolute atomic E-state index is 0.0319. The summed E-state index contributed by atoms with van der Waals surface area (Å²) in [4.78, 5) is 21.4. The summed E-state index contributed by atoms with van der Waals surface area (Å²) in [5, 5.41) is 20.0. The van der Waals surface area contributed by atoms with Crippen molar-refractivity contribution in [1.82, 2.24) is 0 Å². The van der Waals surface area contributed by atoms with Gasteiger partial charge in [-0.3, -0.25) is 10.1 Å². The smallest absolute Gasteiger partial charge is 0.344 e. The molecule has 8 nitrogen and oxygen atoms in total. The predicted octanol–water partition coefficient (Wildman–Crippen LogP) is 1.04. The fraction of sp³-hybridized carbons (Fsp3) is 0.417. The van der Waals surface area contributed by atoms with Crippen LogP contribution in [0.1, 0.15) is 12.5 Å². The highest BCUT2D eigenvalue weighted by Gasteiger charge is 2.19. The predicted molar refractivity (Wildman–Crippen MR) is 67.7 cm³/mol. The molecule has 1 rings (SSSR count). The van der Waals surface area contributed by atoms with Crippen molar-refractivity contribution in [2.24, 2.45) is 0 Å². The Balaban J connectivity index is 3.02. The van der Waals surface area contributed by atoms with Crippen molar-refractivity contribution in [2.45, 2.75) is 13.5 Å². The molecular weight excluding hydrogens is 270 g/mol. The Labute approximate surface area is 115 Å². The number of nitro groups is 1. The molecule has 0 bridgehead atoms. The number of nitro benzene ring substituents is 1. The Hall–Kier alpha value is -2.35. The van der Waals surface area contributed by atoms with E-state index in [2.05, 4.69) is 4.74 Å². The number of aliphatic hydroxyl groups excluding tert-OH is 1. The maximum absolute atomic E-state index is 11.2. The molecule has 0 saturated carbocycles. The van der Waals surface area contributed by atoms with Gasteiger partial charge in [-0.2, -0.15) is 0 Å². The third-order valence-electron chi connectivity index (χ3n) is 2.38. The first-order chi connectivity index (χ1) is 9.53. The van der Waals surface area contributed by atoms with Crippen LogP contribution in [0.25, 0.3) is 0 Å². The van der Waals surface area contributed by atoms with Gasteiger partial charge in [-0.25, -0.2) is 4.79 Å². The maximum atomic E-state index is 11.2. The minimum Gasteiger partial charge on any atom is -0.493 e. The molecule has 0 saturated heterocycles. The first kappa shape index (κ1) is 15.7. The lowest BCUT2D eigenvalue weighted by atomic mass is 10.1. The quantitative estimate of drug-likeness (QED) is 0.453. The largest absolute Gasteiger partial charge is 0.493 e. The number of hydrogen-bond donors (Lipinski definition) is 1. The van der Waals surface area contributed by atoms with E-state index in [1.807, 2.05) is 0 Å². The Bertz CT molecular complexity index is 501. The molecule has 110 valence electrons. The monoisotopic (exact) mass is 285 g/mol. The van der Waals surface area contributed by atoms with Crippen molar-refractivity contribution in [3.05, 3.63) is 27.8 Å². The van der Waals surface area contributed by atoms with Gasteiger partial charge in [-0.15, -0.1) is 0 Å². The Morgan fingerprint density at radius 2 is 2.10 bits per heavy atom. The highest BCUT2D eigenvalue weighted by Crippen LogP contribution is 2.34. The van der Waals surface area contributed by atoms with Crippen molar-refractivity contribution in [3.8, 4) is 11.5 Å². The van der Waals surface area contributed by atoms with E-state index in [-0.39, 0.29) is 36.0 Å². The average Bonchev–Trinajstić information content (AvgIpc) is 2.44. The fourth-order valence-corrected chi connectivity index (χ4v) is 1.50. The van der Waals surface area contributed by atoms with E-state index < -0.39 is 17.5 Å². The van der Waals surface area contributed by atoms with E-state index in [0.29, 0.717) is 0 Å². The SMILES string of the molecule is CCOC(=O)COc1cc([N+](=O)[O-])c(CO)cc1OC.